The summed E-state index contributed by atoms with van der Waals surface area (Å²) >= 11 is 0. The molecule has 0 radical (unpaired) electrons. The third-order valence-corrected chi connectivity index (χ3v) is 5.88. The molecule has 0 aliphatic carbocycles. The predicted molar refractivity (Wildman–Crippen MR) is 126 cm³/mol. The number of aromatic nitrogens is 3. The van der Waals surface area contributed by atoms with E-state index in [0.29, 0.717) is 28.5 Å². The van der Waals surface area contributed by atoms with E-state index in [1.165, 1.54) is 18.5 Å². The Bertz CT molecular complexity index is 1270. The molecule has 2 heterocycles. The summed E-state index contributed by atoms with van der Waals surface area (Å²) in [6, 6.07) is 10.9. The Hall–Kier alpha value is -4.01. The summed E-state index contributed by atoms with van der Waals surface area (Å²) in [6.07, 6.45) is 1.36. The van der Waals surface area contributed by atoms with Crippen molar-refractivity contribution in [1.29, 1.82) is 0 Å². The lowest BCUT2D eigenvalue weighted by atomic mass is 9.95. The van der Waals surface area contributed by atoms with Gasteiger partial charge in [0.2, 0.25) is 11.9 Å². The van der Waals surface area contributed by atoms with Crippen molar-refractivity contribution in [1.82, 2.24) is 14.8 Å². The number of carbonyl (C=O) groups excluding carboxylic acids is 2. The van der Waals surface area contributed by atoms with Crippen molar-refractivity contribution >= 4 is 23.5 Å². The first-order valence-electron chi connectivity index (χ1n) is 11.0. The Balaban J connectivity index is 1.71. The number of fused-ring (bicyclic) bond motifs is 1. The highest BCUT2D eigenvalue weighted by molar-refractivity contribution is 5.96. The Morgan fingerprint density at radius 2 is 1.82 bits per heavy atom. The third kappa shape index (κ3) is 4.41. The maximum atomic E-state index is 13.6. The van der Waals surface area contributed by atoms with Crippen LogP contribution in [0.3, 0.4) is 0 Å². The fraction of sp³-hybridized carbons (Fsp3) is 0.280. The smallest absolute Gasteiger partial charge is 0.338 e. The number of nitrogens with zero attached hydrogens (tertiary/aromatic N) is 4. The van der Waals surface area contributed by atoms with Crippen molar-refractivity contribution < 1.29 is 18.7 Å². The summed E-state index contributed by atoms with van der Waals surface area (Å²) in [5, 5.41) is 7.22. The molecule has 0 saturated carbocycles. The Kier molecular flexibility index (Phi) is 6.45. The average molecular weight is 464 g/mol. The fourth-order valence-corrected chi connectivity index (χ4v) is 4.01. The van der Waals surface area contributed by atoms with Crippen LogP contribution in [0.2, 0.25) is 0 Å². The number of ether oxygens (including phenoxy) is 1. The molecule has 34 heavy (non-hydrogen) atoms. The molecule has 1 N–H and O–H groups in total. The van der Waals surface area contributed by atoms with Crippen LogP contribution in [0.4, 0.5) is 16.0 Å². The minimum Gasteiger partial charge on any atom is -0.463 e. The first-order valence-corrected chi connectivity index (χ1v) is 11.0. The molecule has 0 bridgehead atoms. The summed E-state index contributed by atoms with van der Waals surface area (Å²) in [4.78, 5) is 32.0. The van der Waals surface area contributed by atoms with Crippen LogP contribution in [-0.2, 0) is 14.3 Å². The molecule has 176 valence electrons. The number of aryl methyl sites for hydroxylation is 2. The van der Waals surface area contributed by atoms with E-state index in [4.69, 9.17) is 4.74 Å². The molecule has 1 amide bonds. The second-order valence-electron chi connectivity index (χ2n) is 8.11. The van der Waals surface area contributed by atoms with Gasteiger partial charge in [-0.25, -0.2) is 13.9 Å². The Labute approximate surface area is 197 Å². The van der Waals surface area contributed by atoms with Gasteiger partial charge in [-0.3, -0.25) is 4.79 Å². The van der Waals surface area contributed by atoms with Crippen molar-refractivity contribution in [2.75, 3.05) is 23.4 Å². The lowest BCUT2D eigenvalue weighted by Crippen LogP contribution is -2.40. The van der Waals surface area contributed by atoms with Crippen molar-refractivity contribution in [3.8, 4) is 0 Å². The monoisotopic (exact) mass is 463 g/mol. The van der Waals surface area contributed by atoms with E-state index >= 15 is 0 Å². The van der Waals surface area contributed by atoms with E-state index in [1.54, 1.807) is 35.6 Å². The minimum absolute atomic E-state index is 0.0868. The van der Waals surface area contributed by atoms with Crippen LogP contribution in [-0.4, -0.2) is 39.8 Å². The van der Waals surface area contributed by atoms with Crippen LogP contribution < -0.4 is 10.2 Å². The Morgan fingerprint density at radius 3 is 2.50 bits per heavy atom. The first kappa shape index (κ1) is 23.2. The molecule has 0 fully saturated rings. The van der Waals surface area contributed by atoms with E-state index in [-0.39, 0.29) is 24.9 Å². The van der Waals surface area contributed by atoms with Gasteiger partial charge in [0, 0.05) is 11.4 Å². The van der Waals surface area contributed by atoms with Gasteiger partial charge in [0.1, 0.15) is 24.7 Å². The van der Waals surface area contributed by atoms with Gasteiger partial charge in [-0.2, -0.15) is 10.1 Å². The minimum atomic E-state index is -0.670. The zero-order chi connectivity index (χ0) is 24.4. The second-order valence-corrected chi connectivity index (χ2v) is 8.11. The molecule has 3 aromatic rings. The molecule has 1 aromatic heterocycles. The highest BCUT2D eigenvalue weighted by atomic mass is 19.1. The maximum absolute atomic E-state index is 13.6. The second kappa shape index (κ2) is 9.46. The van der Waals surface area contributed by atoms with Gasteiger partial charge in [-0.15, -0.1) is 0 Å². The van der Waals surface area contributed by atoms with Crippen molar-refractivity contribution in [3.63, 3.8) is 0 Å². The summed E-state index contributed by atoms with van der Waals surface area (Å²) in [5.41, 5.74) is 4.36. The van der Waals surface area contributed by atoms with Gasteiger partial charge in [-0.1, -0.05) is 18.2 Å². The Morgan fingerprint density at radius 1 is 1.09 bits per heavy atom. The number of hydrogen-bond donors (Lipinski definition) is 1. The van der Waals surface area contributed by atoms with E-state index in [2.05, 4.69) is 15.4 Å². The van der Waals surface area contributed by atoms with E-state index < -0.39 is 12.0 Å². The third-order valence-electron chi connectivity index (χ3n) is 5.88. The van der Waals surface area contributed by atoms with Crippen molar-refractivity contribution in [2.24, 2.45) is 0 Å². The fourth-order valence-electron chi connectivity index (χ4n) is 4.01. The standard InChI is InChI=1S/C25H26FN5O3/c1-5-34-24(33)22-17(4)30(13-21(32)29-20-11-6-15(2)16(3)12-20)25-27-14-28-31(25)23(22)18-7-9-19(26)10-8-18/h6-12,14,23H,5,13H2,1-4H3,(H,29,32). The largest absolute Gasteiger partial charge is 0.463 e. The summed E-state index contributed by atoms with van der Waals surface area (Å²) in [5.74, 6) is -0.799. The number of allylic oxidation sites excluding steroid dienone is 1. The normalized spacial score (nSPS) is 15.2. The molecule has 2 aromatic carbocycles. The summed E-state index contributed by atoms with van der Waals surface area (Å²) < 4.78 is 20.5. The molecule has 4 rings (SSSR count). The van der Waals surface area contributed by atoms with Gasteiger partial charge < -0.3 is 15.0 Å². The van der Waals surface area contributed by atoms with Crippen LogP contribution in [0.25, 0.3) is 0 Å². The number of anilines is 2. The number of esters is 1. The molecule has 1 unspecified atom stereocenters. The van der Waals surface area contributed by atoms with Crippen LogP contribution in [0.5, 0.6) is 0 Å². The number of amides is 1. The number of rotatable bonds is 6. The molecular weight excluding hydrogens is 437 g/mol. The topological polar surface area (TPSA) is 89.3 Å². The summed E-state index contributed by atoms with van der Waals surface area (Å²) in [7, 11) is 0. The molecule has 8 nitrogen and oxygen atoms in total. The van der Waals surface area contributed by atoms with Crippen molar-refractivity contribution in [2.45, 2.75) is 33.7 Å². The molecule has 1 atom stereocenters. The SMILES string of the molecule is CCOC(=O)C1=C(C)N(CC(=O)Nc2ccc(C)c(C)c2)c2ncnn2C1c1ccc(F)cc1. The molecule has 0 saturated heterocycles. The lowest BCUT2D eigenvalue weighted by molar-refractivity contribution is -0.139. The molecule has 1 aliphatic rings. The molecular formula is C25H26FN5O3. The highest BCUT2D eigenvalue weighted by Gasteiger charge is 2.38. The van der Waals surface area contributed by atoms with E-state index in [0.717, 1.165) is 11.1 Å². The van der Waals surface area contributed by atoms with Crippen LogP contribution >= 0.6 is 0 Å². The molecule has 9 heteroatoms. The number of carbonyl (C=O) groups is 2. The van der Waals surface area contributed by atoms with Gasteiger partial charge in [0.25, 0.3) is 0 Å². The number of halogens is 1. The number of benzene rings is 2. The number of nitrogens with one attached hydrogen (secondary N) is 1. The van der Waals surface area contributed by atoms with Gasteiger partial charge in [-0.05, 0) is 68.7 Å². The maximum Gasteiger partial charge on any atom is 0.338 e. The average Bonchev–Trinajstić information content (AvgIpc) is 3.28. The number of hydrogen-bond acceptors (Lipinski definition) is 6. The van der Waals surface area contributed by atoms with Crippen LogP contribution in [0.1, 0.15) is 36.6 Å². The zero-order valence-electron chi connectivity index (χ0n) is 19.5. The van der Waals surface area contributed by atoms with E-state index in [1.807, 2.05) is 32.0 Å². The zero-order valence-corrected chi connectivity index (χ0v) is 19.5. The van der Waals surface area contributed by atoms with Crippen LogP contribution in [0, 0.1) is 19.7 Å². The van der Waals surface area contributed by atoms with E-state index in [9.17, 15) is 14.0 Å². The predicted octanol–water partition coefficient (Wildman–Crippen LogP) is 3.92. The van der Waals surface area contributed by atoms with Gasteiger partial charge in [0.05, 0.1) is 12.2 Å². The van der Waals surface area contributed by atoms with Crippen LogP contribution in [0.15, 0.2) is 60.1 Å². The highest BCUT2D eigenvalue weighted by Crippen LogP contribution is 2.38. The molecule has 1 aliphatic heterocycles. The van der Waals surface area contributed by atoms with Gasteiger partial charge in [0.15, 0.2) is 0 Å². The summed E-state index contributed by atoms with van der Waals surface area (Å²) in [6.45, 7) is 7.54. The van der Waals surface area contributed by atoms with Gasteiger partial charge >= 0.3 is 5.97 Å². The lowest BCUT2D eigenvalue weighted by Gasteiger charge is -2.35. The quantitative estimate of drug-likeness (QED) is 0.558. The first-order chi connectivity index (χ1) is 16.3. The van der Waals surface area contributed by atoms with Crippen molar-refractivity contribution in [3.05, 3.63) is 82.6 Å². The molecule has 0 spiro atoms.